The van der Waals surface area contributed by atoms with Gasteiger partial charge in [0.1, 0.15) is 5.82 Å². The van der Waals surface area contributed by atoms with Gasteiger partial charge >= 0.3 is 0 Å². The average Bonchev–Trinajstić information content (AvgIpc) is 2.39. The van der Waals surface area contributed by atoms with E-state index in [-0.39, 0.29) is 18.0 Å². The van der Waals surface area contributed by atoms with Gasteiger partial charge in [-0.05, 0) is 34.1 Å². The largest absolute Gasteiger partial charge is 0.381 e. The zero-order valence-electron chi connectivity index (χ0n) is 9.77. The normalized spacial score (nSPS) is 10.2. The Morgan fingerprint density at radius 2 is 2.00 bits per heavy atom. The maximum Gasteiger partial charge on any atom is 0.285 e. The molecule has 2 aromatic carbocycles. The summed E-state index contributed by atoms with van der Waals surface area (Å²) in [6.45, 7) is 0.269. The van der Waals surface area contributed by atoms with Gasteiger partial charge in [-0.3, -0.25) is 10.1 Å². The highest BCUT2D eigenvalue weighted by molar-refractivity contribution is 9.10. The lowest BCUT2D eigenvalue weighted by molar-refractivity contribution is -0.385. The molecule has 4 nitrogen and oxygen atoms in total. The molecule has 0 saturated heterocycles. The molecular formula is C13H10BrFN2O2. The number of nitro benzene ring substituents is 1. The van der Waals surface area contributed by atoms with Crippen LogP contribution in [0, 0.1) is 15.9 Å². The number of halogens is 2. The third-order valence-corrected chi connectivity index (χ3v) is 3.25. The lowest BCUT2D eigenvalue weighted by Gasteiger charge is -2.07. The minimum absolute atomic E-state index is 0.0291. The van der Waals surface area contributed by atoms with Crippen LogP contribution in [0.2, 0.25) is 0 Å². The van der Waals surface area contributed by atoms with Crippen molar-refractivity contribution in [1.82, 2.24) is 0 Å². The first-order valence-corrected chi connectivity index (χ1v) is 6.28. The molecule has 0 amide bonds. The van der Waals surface area contributed by atoms with Crippen LogP contribution in [0.5, 0.6) is 0 Å². The number of rotatable bonds is 4. The third-order valence-electron chi connectivity index (χ3n) is 2.58. The van der Waals surface area contributed by atoms with Crippen molar-refractivity contribution in [2.75, 3.05) is 5.32 Å². The summed E-state index contributed by atoms with van der Waals surface area (Å²) in [5.74, 6) is -0.304. The number of hydrogen-bond acceptors (Lipinski definition) is 3. The fourth-order valence-electron chi connectivity index (χ4n) is 1.60. The van der Waals surface area contributed by atoms with Crippen LogP contribution in [0.25, 0.3) is 0 Å². The first-order chi connectivity index (χ1) is 9.08. The quantitative estimate of drug-likeness (QED) is 0.680. The van der Waals surface area contributed by atoms with E-state index in [1.165, 1.54) is 12.1 Å². The average molecular weight is 325 g/mol. The summed E-state index contributed by atoms with van der Waals surface area (Å²) in [5, 5.41) is 13.7. The molecule has 0 unspecified atom stereocenters. The van der Waals surface area contributed by atoms with E-state index in [9.17, 15) is 14.5 Å². The Kier molecular flexibility index (Phi) is 4.11. The second-order valence-corrected chi connectivity index (χ2v) is 4.72. The summed E-state index contributed by atoms with van der Waals surface area (Å²) >= 11 is 3.11. The summed E-state index contributed by atoms with van der Waals surface area (Å²) in [6, 6.07) is 11.1. The number of benzene rings is 2. The van der Waals surface area contributed by atoms with Crippen LogP contribution in [-0.2, 0) is 6.54 Å². The van der Waals surface area contributed by atoms with Crippen molar-refractivity contribution in [3.8, 4) is 0 Å². The van der Waals surface area contributed by atoms with Crippen LogP contribution in [0.4, 0.5) is 15.8 Å². The molecule has 0 heterocycles. The molecule has 0 saturated carbocycles. The zero-order valence-corrected chi connectivity index (χ0v) is 11.4. The fraction of sp³-hybridized carbons (Fsp3) is 0.0769. The molecule has 0 aliphatic carbocycles. The second-order valence-electron chi connectivity index (χ2n) is 3.87. The van der Waals surface area contributed by atoms with E-state index in [4.69, 9.17) is 0 Å². The van der Waals surface area contributed by atoms with Gasteiger partial charge in [0.2, 0.25) is 0 Å². The van der Waals surface area contributed by atoms with E-state index in [2.05, 4.69) is 21.2 Å². The molecule has 6 heteroatoms. The fourth-order valence-corrected chi connectivity index (χ4v) is 1.99. The van der Waals surface area contributed by atoms with Gasteiger partial charge in [0.15, 0.2) is 0 Å². The van der Waals surface area contributed by atoms with Gasteiger partial charge < -0.3 is 5.32 Å². The highest BCUT2D eigenvalue weighted by Crippen LogP contribution is 2.28. The summed E-state index contributed by atoms with van der Waals surface area (Å²) in [6.07, 6.45) is 0. The predicted molar refractivity (Wildman–Crippen MR) is 74.5 cm³/mol. The van der Waals surface area contributed by atoms with Gasteiger partial charge in [0.25, 0.3) is 5.69 Å². The van der Waals surface area contributed by atoms with Gasteiger partial charge in [0.05, 0.1) is 9.40 Å². The number of anilines is 1. The topological polar surface area (TPSA) is 55.2 Å². The van der Waals surface area contributed by atoms with Crippen LogP contribution >= 0.6 is 15.9 Å². The lowest BCUT2D eigenvalue weighted by atomic mass is 10.2. The Hall–Kier alpha value is -1.95. The molecule has 2 aromatic rings. The Balaban J connectivity index is 2.14. The van der Waals surface area contributed by atoms with Crippen LogP contribution in [-0.4, -0.2) is 4.92 Å². The van der Waals surface area contributed by atoms with Crippen molar-refractivity contribution < 1.29 is 9.31 Å². The summed E-state index contributed by atoms with van der Waals surface area (Å²) < 4.78 is 13.8. The predicted octanol–water partition coefficient (Wildman–Crippen LogP) is 4.11. The smallest absolute Gasteiger partial charge is 0.285 e. The van der Waals surface area contributed by atoms with E-state index in [0.717, 1.165) is 0 Å². The SMILES string of the molecule is O=[N+]([O-])c1cc(NCc2ccccc2F)ccc1Br. The summed E-state index contributed by atoms with van der Waals surface area (Å²) in [5.41, 5.74) is 1.05. The number of nitrogens with one attached hydrogen (secondary N) is 1. The second kappa shape index (κ2) is 5.79. The molecule has 0 bridgehead atoms. The van der Waals surface area contributed by atoms with Crippen molar-refractivity contribution >= 4 is 27.3 Å². The van der Waals surface area contributed by atoms with E-state index in [1.807, 2.05) is 0 Å². The van der Waals surface area contributed by atoms with E-state index in [0.29, 0.717) is 15.7 Å². The van der Waals surface area contributed by atoms with Gasteiger partial charge in [-0.2, -0.15) is 0 Å². The molecule has 1 N–H and O–H groups in total. The molecular weight excluding hydrogens is 315 g/mol. The third kappa shape index (κ3) is 3.29. The highest BCUT2D eigenvalue weighted by atomic mass is 79.9. The monoisotopic (exact) mass is 324 g/mol. The maximum absolute atomic E-state index is 13.4. The van der Waals surface area contributed by atoms with E-state index >= 15 is 0 Å². The minimum atomic E-state index is -0.474. The van der Waals surface area contributed by atoms with Crippen LogP contribution in [0.15, 0.2) is 46.9 Å². The summed E-state index contributed by atoms with van der Waals surface area (Å²) in [7, 11) is 0. The van der Waals surface area contributed by atoms with Crippen molar-refractivity contribution in [2.24, 2.45) is 0 Å². The molecule has 2 rings (SSSR count). The Morgan fingerprint density at radius 3 is 2.68 bits per heavy atom. The van der Waals surface area contributed by atoms with Gasteiger partial charge in [-0.15, -0.1) is 0 Å². The van der Waals surface area contributed by atoms with Crippen LogP contribution < -0.4 is 5.32 Å². The molecule has 0 aliphatic rings. The Labute approximate surface area is 117 Å². The van der Waals surface area contributed by atoms with Gasteiger partial charge in [-0.25, -0.2) is 4.39 Å². The van der Waals surface area contributed by atoms with Crippen LogP contribution in [0.1, 0.15) is 5.56 Å². The van der Waals surface area contributed by atoms with Crippen molar-refractivity contribution in [3.63, 3.8) is 0 Å². The Morgan fingerprint density at radius 1 is 1.26 bits per heavy atom. The number of nitro groups is 1. The first-order valence-electron chi connectivity index (χ1n) is 5.49. The minimum Gasteiger partial charge on any atom is -0.381 e. The maximum atomic E-state index is 13.4. The summed E-state index contributed by atoms with van der Waals surface area (Å²) in [4.78, 5) is 10.3. The van der Waals surface area contributed by atoms with Gasteiger partial charge in [-0.1, -0.05) is 18.2 Å². The van der Waals surface area contributed by atoms with Crippen molar-refractivity contribution in [3.05, 3.63) is 68.4 Å². The van der Waals surface area contributed by atoms with Crippen molar-refractivity contribution in [2.45, 2.75) is 6.54 Å². The van der Waals surface area contributed by atoms with Crippen molar-refractivity contribution in [1.29, 1.82) is 0 Å². The molecule has 0 fully saturated rings. The standard InChI is InChI=1S/C13H10BrFN2O2/c14-11-6-5-10(7-13(11)17(18)19)16-8-9-3-1-2-4-12(9)15/h1-7,16H,8H2. The molecule has 19 heavy (non-hydrogen) atoms. The first kappa shape index (κ1) is 13.5. The molecule has 0 spiro atoms. The molecule has 0 aromatic heterocycles. The highest BCUT2D eigenvalue weighted by Gasteiger charge is 2.12. The molecule has 98 valence electrons. The molecule has 0 radical (unpaired) electrons. The number of nitrogens with zero attached hydrogens (tertiary/aromatic N) is 1. The molecule has 0 atom stereocenters. The van der Waals surface area contributed by atoms with E-state index in [1.54, 1.807) is 30.3 Å². The number of hydrogen-bond donors (Lipinski definition) is 1. The molecule has 0 aliphatic heterocycles. The van der Waals surface area contributed by atoms with Crippen LogP contribution in [0.3, 0.4) is 0 Å². The zero-order chi connectivity index (χ0) is 13.8. The lowest BCUT2D eigenvalue weighted by Crippen LogP contribution is -2.02. The Bertz CT molecular complexity index is 619. The van der Waals surface area contributed by atoms with Gasteiger partial charge in [0, 0.05) is 23.9 Å². The van der Waals surface area contributed by atoms with E-state index < -0.39 is 4.92 Å².